The summed E-state index contributed by atoms with van der Waals surface area (Å²) in [5.74, 6) is -0.547. The molecule has 0 spiro atoms. The third-order valence-electron chi connectivity index (χ3n) is 2.34. The first-order chi connectivity index (χ1) is 8.56. The monoisotopic (exact) mass is 253 g/mol. The molecule has 0 amide bonds. The van der Waals surface area contributed by atoms with Gasteiger partial charge in [0.15, 0.2) is 0 Å². The van der Waals surface area contributed by atoms with E-state index in [1.165, 1.54) is 30.3 Å². The lowest BCUT2D eigenvalue weighted by atomic mass is 10.0. The van der Waals surface area contributed by atoms with Gasteiger partial charge in [-0.25, -0.2) is 4.39 Å². The van der Waals surface area contributed by atoms with E-state index in [0.717, 1.165) is 0 Å². The Kier molecular flexibility index (Phi) is 3.41. The molecule has 0 saturated heterocycles. The van der Waals surface area contributed by atoms with E-state index in [9.17, 15) is 13.2 Å². The number of benzene rings is 2. The van der Waals surface area contributed by atoms with Gasteiger partial charge in [-0.1, -0.05) is 18.2 Å². The summed E-state index contributed by atoms with van der Waals surface area (Å²) < 4.78 is 42.1. The fourth-order valence-electron chi connectivity index (χ4n) is 1.64. The van der Waals surface area contributed by atoms with Crippen LogP contribution in [-0.2, 0) is 0 Å². The Morgan fingerprint density at radius 3 is 2.44 bits per heavy atom. The highest BCUT2D eigenvalue weighted by atomic mass is 19.3. The van der Waals surface area contributed by atoms with Crippen LogP contribution in [0.5, 0.6) is 5.75 Å². The predicted octanol–water partition coefficient (Wildman–Crippen LogP) is 3.68. The molecule has 0 aromatic heterocycles. The van der Waals surface area contributed by atoms with Crippen LogP contribution in [0.2, 0.25) is 0 Å². The van der Waals surface area contributed by atoms with Crippen molar-refractivity contribution in [3.8, 4) is 16.9 Å². The van der Waals surface area contributed by atoms with Crippen LogP contribution in [0.15, 0.2) is 42.5 Å². The third kappa shape index (κ3) is 2.74. The number of rotatable bonds is 3. The van der Waals surface area contributed by atoms with Gasteiger partial charge < -0.3 is 10.5 Å². The van der Waals surface area contributed by atoms with Crippen LogP contribution in [0.3, 0.4) is 0 Å². The van der Waals surface area contributed by atoms with Crippen LogP contribution in [0.4, 0.5) is 18.9 Å². The Morgan fingerprint density at radius 1 is 1.06 bits per heavy atom. The van der Waals surface area contributed by atoms with Gasteiger partial charge in [-0.15, -0.1) is 0 Å². The summed E-state index contributed by atoms with van der Waals surface area (Å²) in [6.45, 7) is -2.94. The molecule has 0 saturated carbocycles. The lowest BCUT2D eigenvalue weighted by molar-refractivity contribution is -0.0497. The third-order valence-corrected chi connectivity index (χ3v) is 2.34. The van der Waals surface area contributed by atoms with Crippen molar-refractivity contribution in [2.24, 2.45) is 0 Å². The van der Waals surface area contributed by atoms with Crippen molar-refractivity contribution in [2.75, 3.05) is 5.73 Å². The Bertz CT molecular complexity index is 558. The zero-order chi connectivity index (χ0) is 13.1. The number of nitrogen functional groups attached to an aromatic ring is 1. The van der Waals surface area contributed by atoms with Crippen LogP contribution in [0.1, 0.15) is 0 Å². The summed E-state index contributed by atoms with van der Waals surface area (Å²) in [7, 11) is 0. The first-order valence-electron chi connectivity index (χ1n) is 5.16. The molecule has 0 aliphatic heterocycles. The molecular weight excluding hydrogens is 243 g/mol. The van der Waals surface area contributed by atoms with Crippen LogP contribution in [0.25, 0.3) is 11.1 Å². The van der Waals surface area contributed by atoms with Crippen molar-refractivity contribution < 1.29 is 17.9 Å². The zero-order valence-corrected chi connectivity index (χ0v) is 9.24. The van der Waals surface area contributed by atoms with Gasteiger partial charge in [-0.05, 0) is 23.8 Å². The molecule has 2 aromatic carbocycles. The first kappa shape index (κ1) is 12.3. The molecule has 0 radical (unpaired) electrons. The predicted molar refractivity (Wildman–Crippen MR) is 62.9 cm³/mol. The SMILES string of the molecule is Nc1cc(OC(F)F)cc(-c2ccccc2F)c1. The van der Waals surface area contributed by atoms with E-state index in [1.54, 1.807) is 12.1 Å². The number of hydrogen-bond acceptors (Lipinski definition) is 2. The molecule has 18 heavy (non-hydrogen) atoms. The van der Waals surface area contributed by atoms with Gasteiger partial charge in [0.2, 0.25) is 0 Å². The quantitative estimate of drug-likeness (QED) is 0.847. The fourth-order valence-corrected chi connectivity index (χ4v) is 1.64. The van der Waals surface area contributed by atoms with Crippen LogP contribution in [-0.4, -0.2) is 6.61 Å². The minimum absolute atomic E-state index is 0.0942. The molecule has 0 bridgehead atoms. The highest BCUT2D eigenvalue weighted by Crippen LogP contribution is 2.29. The van der Waals surface area contributed by atoms with Gasteiger partial charge >= 0.3 is 6.61 Å². The van der Waals surface area contributed by atoms with Crippen LogP contribution >= 0.6 is 0 Å². The molecule has 2 nitrogen and oxygen atoms in total. The molecule has 0 heterocycles. The van der Waals surface area contributed by atoms with E-state index in [2.05, 4.69) is 4.74 Å². The Morgan fingerprint density at radius 2 is 1.78 bits per heavy atom. The van der Waals surface area contributed by atoms with E-state index in [4.69, 9.17) is 5.73 Å². The molecule has 0 atom stereocenters. The smallest absolute Gasteiger partial charge is 0.387 e. The lowest BCUT2D eigenvalue weighted by Gasteiger charge is -2.09. The maximum absolute atomic E-state index is 13.6. The molecule has 0 aliphatic carbocycles. The van der Waals surface area contributed by atoms with Crippen molar-refractivity contribution in [1.82, 2.24) is 0 Å². The summed E-state index contributed by atoms with van der Waals surface area (Å²) in [5, 5.41) is 0. The van der Waals surface area contributed by atoms with E-state index in [0.29, 0.717) is 5.56 Å². The maximum Gasteiger partial charge on any atom is 0.387 e. The first-order valence-corrected chi connectivity index (χ1v) is 5.16. The van der Waals surface area contributed by atoms with E-state index in [1.807, 2.05) is 0 Å². The number of anilines is 1. The lowest BCUT2D eigenvalue weighted by Crippen LogP contribution is -2.02. The summed E-state index contributed by atoms with van der Waals surface area (Å²) in [4.78, 5) is 0. The molecule has 2 N–H and O–H groups in total. The molecule has 5 heteroatoms. The van der Waals surface area contributed by atoms with Gasteiger partial charge in [-0.3, -0.25) is 0 Å². The minimum atomic E-state index is -2.94. The average Bonchev–Trinajstić information content (AvgIpc) is 2.27. The summed E-state index contributed by atoms with van der Waals surface area (Å²) in [6.07, 6.45) is 0. The highest BCUT2D eigenvalue weighted by Gasteiger charge is 2.09. The number of hydrogen-bond donors (Lipinski definition) is 1. The molecular formula is C13H10F3NO. The van der Waals surface area contributed by atoms with Crippen molar-refractivity contribution in [3.05, 3.63) is 48.3 Å². The average molecular weight is 253 g/mol. The Balaban J connectivity index is 2.45. The number of ether oxygens (including phenoxy) is 1. The van der Waals surface area contributed by atoms with Gasteiger partial charge in [0.25, 0.3) is 0 Å². The second-order valence-electron chi connectivity index (χ2n) is 3.65. The Hall–Kier alpha value is -2.17. The molecule has 0 unspecified atom stereocenters. The van der Waals surface area contributed by atoms with Crippen molar-refractivity contribution in [2.45, 2.75) is 6.61 Å². The zero-order valence-electron chi connectivity index (χ0n) is 9.24. The number of halogens is 3. The van der Waals surface area contributed by atoms with E-state index < -0.39 is 12.4 Å². The number of nitrogens with two attached hydrogens (primary N) is 1. The molecule has 94 valence electrons. The highest BCUT2D eigenvalue weighted by molar-refractivity contribution is 5.70. The van der Waals surface area contributed by atoms with Crippen LogP contribution < -0.4 is 10.5 Å². The van der Waals surface area contributed by atoms with Gasteiger partial charge in [0, 0.05) is 17.3 Å². The second kappa shape index (κ2) is 5.00. The summed E-state index contributed by atoms with van der Waals surface area (Å²) >= 11 is 0. The normalized spacial score (nSPS) is 10.7. The minimum Gasteiger partial charge on any atom is -0.435 e. The Labute approximate surface area is 102 Å². The van der Waals surface area contributed by atoms with Crippen molar-refractivity contribution in [3.63, 3.8) is 0 Å². The molecule has 0 aliphatic rings. The largest absolute Gasteiger partial charge is 0.435 e. The summed E-state index contributed by atoms with van der Waals surface area (Å²) in [6, 6.07) is 10.1. The topological polar surface area (TPSA) is 35.2 Å². The standard InChI is InChI=1S/C13H10F3NO/c14-12-4-2-1-3-11(12)8-5-9(17)7-10(6-8)18-13(15)16/h1-7,13H,17H2. The van der Waals surface area contributed by atoms with Crippen molar-refractivity contribution in [1.29, 1.82) is 0 Å². The number of alkyl halides is 2. The van der Waals surface area contributed by atoms with Gasteiger partial charge in [0.05, 0.1) is 0 Å². The van der Waals surface area contributed by atoms with Crippen molar-refractivity contribution >= 4 is 5.69 Å². The van der Waals surface area contributed by atoms with Gasteiger partial charge in [-0.2, -0.15) is 8.78 Å². The second-order valence-corrected chi connectivity index (χ2v) is 3.65. The van der Waals surface area contributed by atoms with E-state index in [-0.39, 0.29) is 17.0 Å². The van der Waals surface area contributed by atoms with Crippen LogP contribution in [0, 0.1) is 5.82 Å². The molecule has 2 aromatic rings. The maximum atomic E-state index is 13.6. The van der Waals surface area contributed by atoms with E-state index >= 15 is 0 Å². The molecule has 0 fully saturated rings. The summed E-state index contributed by atoms with van der Waals surface area (Å²) in [5.41, 5.74) is 6.48. The fraction of sp³-hybridized carbons (Fsp3) is 0.0769. The molecule has 2 rings (SSSR count). The van der Waals surface area contributed by atoms with Gasteiger partial charge in [0.1, 0.15) is 11.6 Å².